The molecular weight excluding hydrogens is 418 g/mol. The largest absolute Gasteiger partial charge is 0.481 e. The number of nitrogens with one attached hydrogen (secondary N) is 1. The van der Waals surface area contributed by atoms with Crippen molar-refractivity contribution in [2.24, 2.45) is 7.05 Å². The van der Waals surface area contributed by atoms with Crippen molar-refractivity contribution in [2.75, 3.05) is 5.32 Å². The smallest absolute Gasteiger partial charge is 0.295 e. The molecule has 0 radical (unpaired) electrons. The highest BCUT2D eigenvalue weighted by Crippen LogP contribution is 2.24. The quantitative estimate of drug-likeness (QED) is 0.450. The lowest BCUT2D eigenvalue weighted by Gasteiger charge is -2.14. The minimum absolute atomic E-state index is 0.230. The SMILES string of the molecule is Cc1c(NC(=O)[C@H](C)Oc2ccc(Oc3ccccc3)cc2)c(=O)n(-c2ccccc2)n1C. The Morgan fingerprint density at radius 1 is 0.848 bits per heavy atom. The fraction of sp³-hybridized carbons (Fsp3) is 0.154. The Hall–Kier alpha value is -4.26. The maximum Gasteiger partial charge on any atom is 0.295 e. The van der Waals surface area contributed by atoms with Crippen LogP contribution in [0.15, 0.2) is 89.7 Å². The van der Waals surface area contributed by atoms with Gasteiger partial charge in [-0.05, 0) is 62.4 Å². The van der Waals surface area contributed by atoms with Crippen LogP contribution in [0, 0.1) is 6.92 Å². The Kier molecular flexibility index (Phi) is 6.31. The first kappa shape index (κ1) is 22.0. The summed E-state index contributed by atoms with van der Waals surface area (Å²) in [7, 11) is 1.78. The fourth-order valence-corrected chi connectivity index (χ4v) is 3.41. The molecular formula is C26H25N3O4. The van der Waals surface area contributed by atoms with Crippen molar-refractivity contribution in [1.29, 1.82) is 0 Å². The molecule has 0 bridgehead atoms. The van der Waals surface area contributed by atoms with Crippen LogP contribution in [-0.2, 0) is 11.8 Å². The van der Waals surface area contributed by atoms with Crippen LogP contribution in [0.5, 0.6) is 17.2 Å². The Bertz CT molecular complexity index is 1290. The van der Waals surface area contributed by atoms with Gasteiger partial charge in [0, 0.05) is 7.05 Å². The highest BCUT2D eigenvalue weighted by Gasteiger charge is 2.22. The minimum Gasteiger partial charge on any atom is -0.481 e. The highest BCUT2D eigenvalue weighted by atomic mass is 16.5. The predicted molar refractivity (Wildman–Crippen MR) is 127 cm³/mol. The maximum absolute atomic E-state index is 13.0. The summed E-state index contributed by atoms with van der Waals surface area (Å²) < 4.78 is 14.8. The number of anilines is 1. The molecule has 7 heteroatoms. The third-order valence-electron chi connectivity index (χ3n) is 5.29. The van der Waals surface area contributed by atoms with Gasteiger partial charge in [0.25, 0.3) is 11.5 Å². The number of amides is 1. The number of carbonyl (C=O) groups excluding carboxylic acids is 1. The fourth-order valence-electron chi connectivity index (χ4n) is 3.41. The summed E-state index contributed by atoms with van der Waals surface area (Å²) in [5.41, 5.74) is 1.29. The van der Waals surface area contributed by atoms with Crippen molar-refractivity contribution < 1.29 is 14.3 Å². The summed E-state index contributed by atoms with van der Waals surface area (Å²) in [5.74, 6) is 1.50. The van der Waals surface area contributed by atoms with Gasteiger partial charge in [-0.3, -0.25) is 14.3 Å². The lowest BCUT2D eigenvalue weighted by atomic mass is 10.3. The summed E-state index contributed by atoms with van der Waals surface area (Å²) in [6, 6.07) is 25.7. The van der Waals surface area contributed by atoms with E-state index in [4.69, 9.17) is 9.47 Å². The van der Waals surface area contributed by atoms with Gasteiger partial charge in [0.15, 0.2) is 6.10 Å². The van der Waals surface area contributed by atoms with E-state index < -0.39 is 12.0 Å². The molecule has 0 saturated carbocycles. The van der Waals surface area contributed by atoms with Gasteiger partial charge in [0.1, 0.15) is 22.9 Å². The van der Waals surface area contributed by atoms with E-state index in [9.17, 15) is 9.59 Å². The van der Waals surface area contributed by atoms with Crippen LogP contribution in [0.3, 0.4) is 0 Å². The normalized spacial score (nSPS) is 11.6. The molecule has 0 spiro atoms. The highest BCUT2D eigenvalue weighted by molar-refractivity contribution is 5.94. The van der Waals surface area contributed by atoms with E-state index in [2.05, 4.69) is 5.32 Å². The molecule has 0 aliphatic carbocycles. The van der Waals surface area contributed by atoms with Crippen LogP contribution in [-0.4, -0.2) is 21.4 Å². The predicted octanol–water partition coefficient (Wildman–Crippen LogP) is 4.68. The second kappa shape index (κ2) is 9.48. The first-order chi connectivity index (χ1) is 15.9. The lowest BCUT2D eigenvalue weighted by Crippen LogP contribution is -2.32. The Morgan fingerprint density at radius 3 is 2.03 bits per heavy atom. The molecule has 1 atom stereocenters. The van der Waals surface area contributed by atoms with Gasteiger partial charge in [-0.2, -0.15) is 0 Å². The molecule has 0 aliphatic heterocycles. The van der Waals surface area contributed by atoms with E-state index in [-0.39, 0.29) is 11.2 Å². The molecule has 1 amide bonds. The van der Waals surface area contributed by atoms with Gasteiger partial charge in [-0.1, -0.05) is 36.4 Å². The van der Waals surface area contributed by atoms with Crippen molar-refractivity contribution in [3.05, 3.63) is 101 Å². The number of para-hydroxylation sites is 2. The second-order valence-electron chi connectivity index (χ2n) is 7.57. The first-order valence-corrected chi connectivity index (χ1v) is 10.6. The molecule has 3 aromatic carbocycles. The van der Waals surface area contributed by atoms with Gasteiger partial charge in [0.2, 0.25) is 0 Å². The number of hydrogen-bond acceptors (Lipinski definition) is 4. The van der Waals surface area contributed by atoms with Crippen molar-refractivity contribution in [3.8, 4) is 22.9 Å². The van der Waals surface area contributed by atoms with Crippen molar-refractivity contribution in [1.82, 2.24) is 9.36 Å². The monoisotopic (exact) mass is 443 g/mol. The van der Waals surface area contributed by atoms with Gasteiger partial charge < -0.3 is 14.8 Å². The summed E-state index contributed by atoms with van der Waals surface area (Å²) in [5, 5.41) is 2.73. The number of aromatic nitrogens is 2. The second-order valence-corrected chi connectivity index (χ2v) is 7.57. The van der Waals surface area contributed by atoms with E-state index in [1.54, 1.807) is 49.8 Å². The molecule has 4 rings (SSSR count). The van der Waals surface area contributed by atoms with Crippen LogP contribution < -0.4 is 20.3 Å². The van der Waals surface area contributed by atoms with Crippen LogP contribution in [0.2, 0.25) is 0 Å². The molecule has 1 N–H and O–H groups in total. The number of ether oxygens (including phenoxy) is 2. The molecule has 168 valence electrons. The lowest BCUT2D eigenvalue weighted by molar-refractivity contribution is -0.122. The number of benzene rings is 3. The van der Waals surface area contributed by atoms with Crippen molar-refractivity contribution >= 4 is 11.6 Å². The molecule has 0 fully saturated rings. The average molecular weight is 444 g/mol. The van der Waals surface area contributed by atoms with Crippen LogP contribution in [0.4, 0.5) is 5.69 Å². The van der Waals surface area contributed by atoms with Crippen molar-refractivity contribution in [2.45, 2.75) is 20.0 Å². The molecule has 33 heavy (non-hydrogen) atoms. The van der Waals surface area contributed by atoms with Gasteiger partial charge >= 0.3 is 0 Å². The standard InChI is InChI=1S/C26H25N3O4/c1-18-24(26(31)29(28(18)3)20-10-6-4-7-11-20)27-25(30)19(2)32-22-14-16-23(17-15-22)33-21-12-8-5-9-13-21/h4-17,19H,1-3H3,(H,27,30)/t19-/m0/s1. The van der Waals surface area contributed by atoms with Crippen LogP contribution >= 0.6 is 0 Å². The van der Waals surface area contributed by atoms with Gasteiger partial charge in [-0.25, -0.2) is 4.68 Å². The Morgan fingerprint density at radius 2 is 1.39 bits per heavy atom. The third kappa shape index (κ3) is 4.82. The molecule has 7 nitrogen and oxygen atoms in total. The summed E-state index contributed by atoms with van der Waals surface area (Å²) in [6.07, 6.45) is -0.810. The Labute approximate surface area is 191 Å². The maximum atomic E-state index is 13.0. The van der Waals surface area contributed by atoms with E-state index in [0.29, 0.717) is 17.2 Å². The zero-order chi connectivity index (χ0) is 23.4. The molecule has 4 aromatic rings. The minimum atomic E-state index is -0.810. The van der Waals surface area contributed by atoms with Crippen LogP contribution in [0.1, 0.15) is 12.6 Å². The Balaban J connectivity index is 1.44. The number of hydrogen-bond donors (Lipinski definition) is 1. The molecule has 0 aliphatic rings. The number of carbonyl (C=O) groups is 1. The van der Waals surface area contributed by atoms with Crippen LogP contribution in [0.25, 0.3) is 5.69 Å². The molecule has 0 unspecified atom stereocenters. The van der Waals surface area contributed by atoms with E-state index in [1.807, 2.05) is 60.7 Å². The summed E-state index contributed by atoms with van der Waals surface area (Å²) >= 11 is 0. The van der Waals surface area contributed by atoms with E-state index >= 15 is 0 Å². The van der Waals surface area contributed by atoms with Crippen molar-refractivity contribution in [3.63, 3.8) is 0 Å². The molecule has 1 aromatic heterocycles. The van der Waals surface area contributed by atoms with Gasteiger partial charge in [0.05, 0.1) is 11.4 Å². The summed E-state index contributed by atoms with van der Waals surface area (Å²) in [6.45, 7) is 3.42. The molecule has 0 saturated heterocycles. The third-order valence-corrected chi connectivity index (χ3v) is 5.29. The average Bonchev–Trinajstić information content (AvgIpc) is 3.04. The zero-order valence-corrected chi connectivity index (χ0v) is 18.7. The molecule has 1 heterocycles. The topological polar surface area (TPSA) is 74.5 Å². The van der Waals surface area contributed by atoms with E-state index in [1.165, 1.54) is 4.68 Å². The van der Waals surface area contributed by atoms with Gasteiger partial charge in [-0.15, -0.1) is 0 Å². The number of rotatable bonds is 7. The first-order valence-electron chi connectivity index (χ1n) is 10.6. The van der Waals surface area contributed by atoms with E-state index in [0.717, 1.165) is 11.4 Å². The summed E-state index contributed by atoms with van der Waals surface area (Å²) in [4.78, 5) is 25.8. The number of nitrogens with zero attached hydrogens (tertiary/aromatic N) is 2. The zero-order valence-electron chi connectivity index (χ0n) is 18.7.